The number of piperidine rings is 1. The van der Waals surface area contributed by atoms with Gasteiger partial charge in [0.1, 0.15) is 5.75 Å². The zero-order valence-corrected chi connectivity index (χ0v) is 22.4. The van der Waals surface area contributed by atoms with Crippen LogP contribution in [0.5, 0.6) is 5.75 Å². The number of hydrogen-bond donors (Lipinski definition) is 0. The first-order valence-corrected chi connectivity index (χ1v) is 13.5. The highest BCUT2D eigenvalue weighted by molar-refractivity contribution is 5.85. The van der Waals surface area contributed by atoms with Crippen LogP contribution in [0.4, 0.5) is 4.79 Å². The van der Waals surface area contributed by atoms with Crippen molar-refractivity contribution in [1.82, 2.24) is 19.6 Å². The lowest BCUT2D eigenvalue weighted by Crippen LogP contribution is -2.46. The molecule has 37 heavy (non-hydrogen) atoms. The number of likely N-dealkylation sites (tertiary alicyclic amines) is 3. The molecule has 5 rings (SSSR count). The minimum absolute atomic E-state index is 0.0922. The van der Waals surface area contributed by atoms with Gasteiger partial charge in [0.2, 0.25) is 5.91 Å². The Bertz CT molecular complexity index is 1080. The number of ether oxygens (including phenoxy) is 1. The van der Waals surface area contributed by atoms with Gasteiger partial charge in [-0.05, 0) is 61.5 Å². The smallest absolute Gasteiger partial charge is 0.319 e. The molecule has 3 aliphatic rings. The molecular weight excluding hydrogens is 464 g/mol. The number of benzene rings is 2. The van der Waals surface area contributed by atoms with Crippen LogP contribution in [0.1, 0.15) is 36.3 Å². The summed E-state index contributed by atoms with van der Waals surface area (Å²) in [5.41, 5.74) is 2.26. The van der Waals surface area contributed by atoms with E-state index < -0.39 is 0 Å². The number of carbonyl (C=O) groups excluding carboxylic acids is 2. The fourth-order valence-electron chi connectivity index (χ4n) is 6.53. The van der Waals surface area contributed by atoms with Gasteiger partial charge in [-0.25, -0.2) is 4.79 Å². The molecule has 1 unspecified atom stereocenters. The highest BCUT2D eigenvalue weighted by Gasteiger charge is 2.48. The van der Waals surface area contributed by atoms with Crippen molar-refractivity contribution in [1.29, 1.82) is 0 Å². The SMILES string of the molecule is COc1ccc(CN2CCC3(CCN(C[C@H]4CN(C(=O)N(C)C)CC4c4ccccc4)CC3)C2=O)cc1. The maximum absolute atomic E-state index is 13.5. The summed E-state index contributed by atoms with van der Waals surface area (Å²) in [6, 6.07) is 18.7. The van der Waals surface area contributed by atoms with Crippen molar-refractivity contribution in [2.75, 3.05) is 60.5 Å². The third-order valence-electron chi connectivity index (χ3n) is 8.76. The molecule has 3 saturated heterocycles. The van der Waals surface area contributed by atoms with Gasteiger partial charge in [-0.15, -0.1) is 0 Å². The van der Waals surface area contributed by atoms with Gasteiger partial charge in [0.25, 0.3) is 0 Å². The Morgan fingerprint density at radius 2 is 1.65 bits per heavy atom. The van der Waals surface area contributed by atoms with Gasteiger partial charge in [0.15, 0.2) is 0 Å². The molecule has 0 aliphatic carbocycles. The molecular formula is C30H40N4O3. The molecule has 3 amide bonds. The van der Waals surface area contributed by atoms with Gasteiger partial charge in [-0.1, -0.05) is 42.5 Å². The monoisotopic (exact) mass is 504 g/mol. The van der Waals surface area contributed by atoms with E-state index >= 15 is 0 Å². The normalized spacial score (nSPS) is 23.6. The van der Waals surface area contributed by atoms with Crippen molar-refractivity contribution in [2.24, 2.45) is 11.3 Å². The van der Waals surface area contributed by atoms with Gasteiger partial charge in [-0.2, -0.15) is 0 Å². The molecule has 0 radical (unpaired) electrons. The van der Waals surface area contributed by atoms with Crippen LogP contribution in [0.3, 0.4) is 0 Å². The van der Waals surface area contributed by atoms with E-state index in [1.807, 2.05) is 36.0 Å². The lowest BCUT2D eigenvalue weighted by atomic mass is 9.76. The molecule has 2 aromatic rings. The predicted molar refractivity (Wildman–Crippen MR) is 144 cm³/mol. The summed E-state index contributed by atoms with van der Waals surface area (Å²) in [7, 11) is 5.32. The number of hydrogen-bond acceptors (Lipinski definition) is 4. The van der Waals surface area contributed by atoms with E-state index in [0.29, 0.717) is 24.3 Å². The van der Waals surface area contributed by atoms with Crippen LogP contribution in [0.25, 0.3) is 0 Å². The first kappa shape index (κ1) is 25.6. The van der Waals surface area contributed by atoms with Crippen LogP contribution in [0, 0.1) is 11.3 Å². The quantitative estimate of drug-likeness (QED) is 0.599. The molecule has 0 aromatic heterocycles. The van der Waals surface area contributed by atoms with Crippen LogP contribution >= 0.6 is 0 Å². The topological polar surface area (TPSA) is 56.3 Å². The highest BCUT2D eigenvalue weighted by atomic mass is 16.5. The third kappa shape index (κ3) is 5.33. The first-order valence-electron chi connectivity index (χ1n) is 13.5. The zero-order valence-electron chi connectivity index (χ0n) is 22.4. The number of methoxy groups -OCH3 is 1. The molecule has 0 N–H and O–H groups in total. The average Bonchev–Trinajstić information content (AvgIpc) is 3.47. The predicted octanol–water partition coefficient (Wildman–Crippen LogP) is 3.91. The first-order chi connectivity index (χ1) is 17.9. The van der Waals surface area contributed by atoms with Crippen LogP contribution in [0.15, 0.2) is 54.6 Å². The molecule has 3 aliphatic heterocycles. The maximum atomic E-state index is 13.5. The van der Waals surface area contributed by atoms with Crippen molar-refractivity contribution in [3.8, 4) is 5.75 Å². The Kier molecular flexibility index (Phi) is 7.43. The molecule has 7 nitrogen and oxygen atoms in total. The largest absolute Gasteiger partial charge is 0.497 e. The second-order valence-corrected chi connectivity index (χ2v) is 11.3. The van der Waals surface area contributed by atoms with Gasteiger partial charge < -0.3 is 24.3 Å². The fraction of sp³-hybridized carbons (Fsp3) is 0.533. The summed E-state index contributed by atoms with van der Waals surface area (Å²) in [5, 5.41) is 0. The van der Waals surface area contributed by atoms with E-state index in [1.54, 1.807) is 12.0 Å². The van der Waals surface area contributed by atoms with Gasteiger partial charge >= 0.3 is 6.03 Å². The summed E-state index contributed by atoms with van der Waals surface area (Å²) in [5.74, 6) is 1.90. The number of urea groups is 1. The summed E-state index contributed by atoms with van der Waals surface area (Å²) in [4.78, 5) is 34.5. The zero-order chi connectivity index (χ0) is 26.0. The molecule has 198 valence electrons. The highest BCUT2D eigenvalue weighted by Crippen LogP contribution is 2.43. The van der Waals surface area contributed by atoms with Crippen LogP contribution in [0.2, 0.25) is 0 Å². The summed E-state index contributed by atoms with van der Waals surface area (Å²) in [6.45, 7) is 5.92. The second-order valence-electron chi connectivity index (χ2n) is 11.3. The van der Waals surface area contributed by atoms with E-state index in [-0.39, 0.29) is 11.4 Å². The van der Waals surface area contributed by atoms with E-state index in [4.69, 9.17) is 4.74 Å². The molecule has 1 spiro atoms. The lowest BCUT2D eigenvalue weighted by Gasteiger charge is -2.39. The minimum atomic E-state index is -0.204. The summed E-state index contributed by atoms with van der Waals surface area (Å²) >= 11 is 0. The Labute approximate surface area is 221 Å². The molecule has 7 heteroatoms. The van der Waals surface area contributed by atoms with Crippen molar-refractivity contribution < 1.29 is 14.3 Å². The molecule has 0 saturated carbocycles. The van der Waals surface area contributed by atoms with Crippen LogP contribution < -0.4 is 4.74 Å². The number of carbonyl (C=O) groups is 2. The number of nitrogens with zero attached hydrogens (tertiary/aromatic N) is 4. The fourth-order valence-corrected chi connectivity index (χ4v) is 6.53. The molecule has 3 fully saturated rings. The minimum Gasteiger partial charge on any atom is -0.497 e. The molecule has 0 bridgehead atoms. The summed E-state index contributed by atoms with van der Waals surface area (Å²) < 4.78 is 5.26. The summed E-state index contributed by atoms with van der Waals surface area (Å²) in [6.07, 6.45) is 2.80. The maximum Gasteiger partial charge on any atom is 0.319 e. The Hall–Kier alpha value is -3.06. The van der Waals surface area contributed by atoms with Gasteiger partial charge in [-0.3, -0.25) is 4.79 Å². The average molecular weight is 505 g/mol. The van der Waals surface area contributed by atoms with E-state index in [1.165, 1.54) is 5.56 Å². The lowest BCUT2D eigenvalue weighted by molar-refractivity contribution is -0.139. The van der Waals surface area contributed by atoms with Gasteiger partial charge in [0, 0.05) is 52.7 Å². The van der Waals surface area contributed by atoms with E-state index in [9.17, 15) is 9.59 Å². The molecule has 2 aromatic carbocycles. The second kappa shape index (κ2) is 10.7. The Morgan fingerprint density at radius 3 is 2.30 bits per heavy atom. The van der Waals surface area contributed by atoms with Gasteiger partial charge in [0.05, 0.1) is 12.5 Å². The van der Waals surface area contributed by atoms with Crippen molar-refractivity contribution in [3.63, 3.8) is 0 Å². The van der Waals surface area contributed by atoms with Crippen LogP contribution in [-0.4, -0.2) is 92.0 Å². The van der Waals surface area contributed by atoms with Crippen LogP contribution in [-0.2, 0) is 11.3 Å². The Balaban J connectivity index is 1.20. The third-order valence-corrected chi connectivity index (χ3v) is 8.76. The molecule has 2 atom stereocenters. The van der Waals surface area contributed by atoms with Crippen molar-refractivity contribution in [3.05, 3.63) is 65.7 Å². The van der Waals surface area contributed by atoms with E-state index in [0.717, 1.165) is 69.8 Å². The Morgan fingerprint density at radius 1 is 0.973 bits per heavy atom. The van der Waals surface area contributed by atoms with Crippen molar-refractivity contribution >= 4 is 11.9 Å². The van der Waals surface area contributed by atoms with E-state index in [2.05, 4.69) is 47.4 Å². The standard InChI is InChI=1S/C30H40N4O3/c1-31(2)29(36)34-21-25(27(22-34)24-7-5-4-6-8-24)20-32-16-13-30(14-17-32)15-18-33(28(30)35)19-23-9-11-26(37-3)12-10-23/h4-12,25,27H,13-22H2,1-3H3/t25-,27?/m0/s1. The number of rotatable bonds is 6. The van der Waals surface area contributed by atoms with Crippen molar-refractivity contribution in [2.45, 2.75) is 31.7 Å². The molecule has 3 heterocycles. The number of amides is 3.